The van der Waals surface area contributed by atoms with E-state index < -0.39 is 0 Å². The number of phenols is 1. The van der Waals surface area contributed by atoms with Crippen molar-refractivity contribution >= 4 is 5.91 Å². The highest BCUT2D eigenvalue weighted by atomic mass is 16.3. The van der Waals surface area contributed by atoms with E-state index in [0.29, 0.717) is 16.9 Å². The standard InChI is InChI=1S/C18H28N2O2/c1-18(2,3)13-20-9-7-14(8-10-20)12-19-17(22)15-5-4-6-16(21)11-15/h4-6,11,14,21H,7-10,12-13H2,1-3H3,(H,19,22). The van der Waals surface area contributed by atoms with Gasteiger partial charge >= 0.3 is 0 Å². The quantitative estimate of drug-likeness (QED) is 0.899. The number of benzene rings is 1. The molecule has 0 spiro atoms. The molecule has 0 bridgehead atoms. The summed E-state index contributed by atoms with van der Waals surface area (Å²) < 4.78 is 0. The van der Waals surface area contributed by atoms with Crippen molar-refractivity contribution in [2.24, 2.45) is 11.3 Å². The fourth-order valence-electron chi connectivity index (χ4n) is 3.01. The summed E-state index contributed by atoms with van der Waals surface area (Å²) >= 11 is 0. The van der Waals surface area contributed by atoms with E-state index in [1.54, 1.807) is 18.2 Å². The van der Waals surface area contributed by atoms with Gasteiger partial charge in [0.2, 0.25) is 0 Å². The highest BCUT2D eigenvalue weighted by Crippen LogP contribution is 2.21. The zero-order valence-electron chi connectivity index (χ0n) is 13.9. The van der Waals surface area contributed by atoms with Crippen molar-refractivity contribution in [1.82, 2.24) is 10.2 Å². The molecule has 22 heavy (non-hydrogen) atoms. The summed E-state index contributed by atoms with van der Waals surface area (Å²) in [6.45, 7) is 10.9. The van der Waals surface area contributed by atoms with Gasteiger partial charge in [0.15, 0.2) is 0 Å². The van der Waals surface area contributed by atoms with E-state index in [-0.39, 0.29) is 11.7 Å². The van der Waals surface area contributed by atoms with E-state index in [0.717, 1.165) is 39.0 Å². The number of hydrogen-bond donors (Lipinski definition) is 2. The zero-order chi connectivity index (χ0) is 16.2. The normalized spacial score (nSPS) is 17.4. The fraction of sp³-hybridized carbons (Fsp3) is 0.611. The number of nitrogens with one attached hydrogen (secondary N) is 1. The number of carbonyl (C=O) groups is 1. The van der Waals surface area contributed by atoms with Gasteiger partial charge in [-0.15, -0.1) is 0 Å². The highest BCUT2D eigenvalue weighted by molar-refractivity contribution is 5.94. The Labute approximate surface area is 133 Å². The van der Waals surface area contributed by atoms with E-state index in [9.17, 15) is 9.90 Å². The molecule has 4 heteroatoms. The van der Waals surface area contributed by atoms with Crippen LogP contribution in [0.15, 0.2) is 24.3 Å². The average molecular weight is 304 g/mol. The van der Waals surface area contributed by atoms with Gasteiger partial charge in [-0.3, -0.25) is 4.79 Å². The maximum absolute atomic E-state index is 12.1. The van der Waals surface area contributed by atoms with Crippen LogP contribution in [0.25, 0.3) is 0 Å². The van der Waals surface area contributed by atoms with Gasteiger partial charge in [-0.1, -0.05) is 26.8 Å². The molecule has 0 unspecified atom stereocenters. The van der Waals surface area contributed by atoms with Gasteiger partial charge in [-0.2, -0.15) is 0 Å². The number of piperidine rings is 1. The van der Waals surface area contributed by atoms with Crippen LogP contribution in [0, 0.1) is 11.3 Å². The van der Waals surface area contributed by atoms with Crippen molar-refractivity contribution in [3.8, 4) is 5.75 Å². The van der Waals surface area contributed by atoms with Crippen LogP contribution in [0.3, 0.4) is 0 Å². The number of amides is 1. The first-order valence-corrected chi connectivity index (χ1v) is 8.13. The van der Waals surface area contributed by atoms with Crippen molar-refractivity contribution in [1.29, 1.82) is 0 Å². The predicted octanol–water partition coefficient (Wildman–Crippen LogP) is 2.88. The number of rotatable bonds is 4. The molecule has 0 radical (unpaired) electrons. The fourth-order valence-corrected chi connectivity index (χ4v) is 3.01. The predicted molar refractivity (Wildman–Crippen MR) is 89.1 cm³/mol. The van der Waals surface area contributed by atoms with Crippen LogP contribution in [-0.2, 0) is 0 Å². The van der Waals surface area contributed by atoms with Crippen molar-refractivity contribution in [2.45, 2.75) is 33.6 Å². The molecule has 122 valence electrons. The van der Waals surface area contributed by atoms with Crippen LogP contribution in [-0.4, -0.2) is 42.1 Å². The van der Waals surface area contributed by atoms with Crippen LogP contribution in [0.4, 0.5) is 0 Å². The van der Waals surface area contributed by atoms with E-state index in [1.165, 1.54) is 6.07 Å². The van der Waals surface area contributed by atoms with Crippen LogP contribution in [0.5, 0.6) is 5.75 Å². The molecule has 0 aliphatic carbocycles. The Kier molecular flexibility index (Phi) is 5.46. The Morgan fingerprint density at radius 2 is 2.00 bits per heavy atom. The summed E-state index contributed by atoms with van der Waals surface area (Å²) in [4.78, 5) is 14.6. The van der Waals surface area contributed by atoms with Crippen LogP contribution < -0.4 is 5.32 Å². The van der Waals surface area contributed by atoms with E-state index in [4.69, 9.17) is 0 Å². The van der Waals surface area contributed by atoms with Gasteiger partial charge in [0.25, 0.3) is 5.91 Å². The Balaban J connectivity index is 1.74. The number of aromatic hydroxyl groups is 1. The molecule has 1 aliphatic rings. The number of likely N-dealkylation sites (tertiary alicyclic amines) is 1. The van der Waals surface area contributed by atoms with Gasteiger partial charge in [0.05, 0.1) is 0 Å². The molecule has 1 saturated heterocycles. The first-order chi connectivity index (χ1) is 10.3. The Morgan fingerprint density at radius 1 is 1.32 bits per heavy atom. The molecule has 1 amide bonds. The molecule has 2 rings (SSSR count). The summed E-state index contributed by atoms with van der Waals surface area (Å²) in [6, 6.07) is 6.49. The van der Waals surface area contributed by atoms with Crippen LogP contribution in [0.1, 0.15) is 44.0 Å². The topological polar surface area (TPSA) is 52.6 Å². The molecule has 2 N–H and O–H groups in total. The largest absolute Gasteiger partial charge is 0.508 e. The van der Waals surface area contributed by atoms with Crippen molar-refractivity contribution < 1.29 is 9.90 Å². The molecule has 1 aliphatic heterocycles. The first kappa shape index (κ1) is 16.8. The summed E-state index contributed by atoms with van der Waals surface area (Å²) in [5, 5.41) is 12.4. The van der Waals surface area contributed by atoms with Gasteiger partial charge in [0.1, 0.15) is 5.75 Å². The summed E-state index contributed by atoms with van der Waals surface area (Å²) in [5.74, 6) is 0.577. The lowest BCUT2D eigenvalue weighted by molar-refractivity contribution is 0.0928. The van der Waals surface area contributed by atoms with Crippen molar-refractivity contribution in [2.75, 3.05) is 26.2 Å². The second kappa shape index (κ2) is 7.14. The lowest BCUT2D eigenvalue weighted by atomic mass is 9.92. The lowest BCUT2D eigenvalue weighted by Gasteiger charge is -2.36. The first-order valence-electron chi connectivity index (χ1n) is 8.13. The Hall–Kier alpha value is -1.55. The van der Waals surface area contributed by atoms with Crippen LogP contribution >= 0.6 is 0 Å². The third-order valence-electron chi connectivity index (χ3n) is 4.06. The van der Waals surface area contributed by atoms with Gasteiger partial charge < -0.3 is 15.3 Å². The minimum absolute atomic E-state index is 0.104. The third-order valence-corrected chi connectivity index (χ3v) is 4.06. The second-order valence-corrected chi connectivity index (χ2v) is 7.54. The lowest BCUT2D eigenvalue weighted by Crippen LogP contribution is -2.41. The number of phenolic OH excluding ortho intramolecular Hbond substituents is 1. The van der Waals surface area contributed by atoms with Gasteiger partial charge in [0, 0.05) is 18.7 Å². The van der Waals surface area contributed by atoms with E-state index in [1.807, 2.05) is 0 Å². The molecule has 0 aromatic heterocycles. The Bertz CT molecular complexity index is 500. The second-order valence-electron chi connectivity index (χ2n) is 7.54. The zero-order valence-corrected chi connectivity index (χ0v) is 13.9. The van der Waals surface area contributed by atoms with E-state index >= 15 is 0 Å². The van der Waals surface area contributed by atoms with Gasteiger partial charge in [-0.05, 0) is 55.5 Å². The molecule has 1 aromatic carbocycles. The third kappa shape index (κ3) is 5.34. The SMILES string of the molecule is CC(C)(C)CN1CCC(CNC(=O)c2cccc(O)c2)CC1. The molecule has 0 atom stereocenters. The average Bonchev–Trinajstić information content (AvgIpc) is 2.44. The van der Waals surface area contributed by atoms with Crippen molar-refractivity contribution in [3.05, 3.63) is 29.8 Å². The summed E-state index contributed by atoms with van der Waals surface area (Å²) in [6.07, 6.45) is 2.27. The minimum atomic E-state index is -0.104. The number of hydrogen-bond acceptors (Lipinski definition) is 3. The summed E-state index contributed by atoms with van der Waals surface area (Å²) in [7, 11) is 0. The Morgan fingerprint density at radius 3 is 2.59 bits per heavy atom. The molecular formula is C18H28N2O2. The summed E-state index contributed by atoms with van der Waals surface area (Å²) in [5.41, 5.74) is 0.862. The maximum atomic E-state index is 12.1. The maximum Gasteiger partial charge on any atom is 0.251 e. The monoisotopic (exact) mass is 304 g/mol. The molecule has 1 aromatic rings. The molecule has 1 fully saturated rings. The molecule has 0 saturated carbocycles. The smallest absolute Gasteiger partial charge is 0.251 e. The molecule has 1 heterocycles. The molecule has 4 nitrogen and oxygen atoms in total. The highest BCUT2D eigenvalue weighted by Gasteiger charge is 2.23. The number of nitrogens with zero attached hydrogens (tertiary/aromatic N) is 1. The molecular weight excluding hydrogens is 276 g/mol. The minimum Gasteiger partial charge on any atom is -0.508 e. The van der Waals surface area contributed by atoms with Crippen molar-refractivity contribution in [3.63, 3.8) is 0 Å². The van der Waals surface area contributed by atoms with Crippen LogP contribution in [0.2, 0.25) is 0 Å². The van der Waals surface area contributed by atoms with E-state index in [2.05, 4.69) is 31.0 Å². The number of carbonyl (C=O) groups excluding carboxylic acids is 1. The van der Waals surface area contributed by atoms with Gasteiger partial charge in [-0.25, -0.2) is 0 Å².